The van der Waals surface area contributed by atoms with E-state index in [1.54, 1.807) is 0 Å². The van der Waals surface area contributed by atoms with E-state index in [1.807, 2.05) is 48.5 Å². The predicted octanol–water partition coefficient (Wildman–Crippen LogP) is 8.75. The van der Waals surface area contributed by atoms with Crippen molar-refractivity contribution in [2.45, 2.75) is 40.0 Å². The van der Waals surface area contributed by atoms with E-state index in [2.05, 4.69) is 109 Å². The first-order chi connectivity index (χ1) is 20.5. The summed E-state index contributed by atoms with van der Waals surface area (Å²) in [6.45, 7) is 11.8. The van der Waals surface area contributed by atoms with Gasteiger partial charge in [-0.15, -0.1) is 0 Å². The molecule has 3 aromatic rings. The van der Waals surface area contributed by atoms with Gasteiger partial charge in [0.1, 0.15) is 0 Å². The summed E-state index contributed by atoms with van der Waals surface area (Å²) in [5.74, 6) is 6.75. The fraction of sp³-hybridized carbons (Fsp3) is 0.184. The maximum atomic E-state index is 6.02. The first-order valence-electron chi connectivity index (χ1n) is 14.7. The van der Waals surface area contributed by atoms with Gasteiger partial charge in [0.2, 0.25) is 0 Å². The van der Waals surface area contributed by atoms with Gasteiger partial charge in [0.25, 0.3) is 0 Å². The van der Waals surface area contributed by atoms with Crippen LogP contribution in [0.15, 0.2) is 155 Å². The molecule has 0 amide bonds. The molecule has 2 aliphatic rings. The lowest BCUT2D eigenvalue weighted by Crippen LogP contribution is -2.34. The smallest absolute Gasteiger partial charge is 0.160 e. The Hall–Kier alpha value is -4.83. The molecule has 0 unspecified atom stereocenters. The number of para-hydroxylation sites is 1. The number of fused-ring (bicyclic) bond motifs is 1. The molecule has 1 aliphatic heterocycles. The summed E-state index contributed by atoms with van der Waals surface area (Å²) in [4.78, 5) is 4.50. The number of hydrogen-bond donors (Lipinski definition) is 1. The van der Waals surface area contributed by atoms with Crippen molar-refractivity contribution >= 4 is 17.2 Å². The quantitative estimate of drug-likeness (QED) is 0.144. The lowest BCUT2D eigenvalue weighted by Gasteiger charge is -2.30. The Kier molecular flexibility index (Phi) is 9.03. The van der Waals surface area contributed by atoms with Gasteiger partial charge in [-0.25, -0.2) is 0 Å². The second kappa shape index (κ2) is 13.2. The minimum Gasteiger partial charge on any atom is -0.321 e. The average molecular weight is 553 g/mol. The van der Waals surface area contributed by atoms with Gasteiger partial charge in [-0.1, -0.05) is 110 Å². The van der Waals surface area contributed by atoms with Crippen LogP contribution >= 0.6 is 0 Å². The molecule has 0 radical (unpaired) electrons. The number of amidine groups is 1. The van der Waals surface area contributed by atoms with Crippen molar-refractivity contribution in [2.75, 3.05) is 16.3 Å². The molecule has 0 bridgehead atoms. The highest BCUT2D eigenvalue weighted by Crippen LogP contribution is 2.35. The molecule has 0 atom stereocenters. The van der Waals surface area contributed by atoms with Gasteiger partial charge in [0.15, 0.2) is 5.84 Å². The Morgan fingerprint density at radius 3 is 2.40 bits per heavy atom. The molecule has 4 nitrogen and oxygen atoms in total. The largest absolute Gasteiger partial charge is 0.321 e. The first kappa shape index (κ1) is 28.7. The van der Waals surface area contributed by atoms with Gasteiger partial charge >= 0.3 is 0 Å². The van der Waals surface area contributed by atoms with E-state index in [9.17, 15) is 0 Å². The first-order valence-corrected chi connectivity index (χ1v) is 14.7. The molecule has 42 heavy (non-hydrogen) atoms. The molecular weight excluding hydrogens is 512 g/mol. The highest BCUT2D eigenvalue weighted by molar-refractivity contribution is 6.10. The highest BCUT2D eigenvalue weighted by atomic mass is 15.3. The van der Waals surface area contributed by atoms with Crippen molar-refractivity contribution in [1.82, 2.24) is 0 Å². The number of anilines is 2. The zero-order valence-electron chi connectivity index (χ0n) is 24.9. The number of allylic oxidation sites excluding steroid dienone is 8. The molecule has 0 saturated carbocycles. The van der Waals surface area contributed by atoms with Crippen LogP contribution < -0.4 is 15.6 Å². The molecule has 5 rings (SSSR count). The minimum atomic E-state index is 0.655. The zero-order chi connectivity index (χ0) is 29.5. The van der Waals surface area contributed by atoms with Crippen molar-refractivity contribution in [3.63, 3.8) is 0 Å². The predicted molar refractivity (Wildman–Crippen MR) is 180 cm³/mol. The summed E-state index contributed by atoms with van der Waals surface area (Å²) in [6.07, 6.45) is 16.3. The van der Waals surface area contributed by atoms with Gasteiger partial charge in [-0.3, -0.25) is 0 Å². The number of aryl methyl sites for hydroxylation is 1. The fourth-order valence-corrected chi connectivity index (χ4v) is 5.53. The van der Waals surface area contributed by atoms with Crippen LogP contribution in [0.5, 0.6) is 0 Å². The van der Waals surface area contributed by atoms with Crippen molar-refractivity contribution in [2.24, 2.45) is 10.9 Å². The topological polar surface area (TPSA) is 44.9 Å². The third-order valence-corrected chi connectivity index (χ3v) is 7.85. The second-order valence-corrected chi connectivity index (χ2v) is 10.8. The normalized spacial score (nSPS) is 18.2. The van der Waals surface area contributed by atoms with E-state index < -0.39 is 0 Å². The van der Waals surface area contributed by atoms with E-state index in [1.165, 1.54) is 33.5 Å². The van der Waals surface area contributed by atoms with E-state index in [0.717, 1.165) is 47.7 Å². The Morgan fingerprint density at radius 1 is 0.952 bits per heavy atom. The Morgan fingerprint density at radius 2 is 1.69 bits per heavy atom. The number of nitrogens with zero attached hydrogens (tertiary/aromatic N) is 3. The third kappa shape index (κ3) is 6.39. The van der Waals surface area contributed by atoms with Crippen LogP contribution in [0.3, 0.4) is 0 Å². The molecule has 0 spiro atoms. The lowest BCUT2D eigenvalue weighted by atomic mass is 10.0. The van der Waals surface area contributed by atoms with Gasteiger partial charge < -0.3 is 15.6 Å². The standard InChI is InChI=1S/C38H40N4/c1-5-31-20-22-34-25-28(2)19-24-37(34)42(30(4)29(3)26-31)36-18-12-13-32(21-23-36)27-41(35-16-10-7-11-17-35)38(40-39)33-14-8-6-9-15-33/h6-12,14-21,23-26H,4-5,13,22,27,39H2,1-3H3/b29-26-,31-20-,40-38-. The van der Waals surface area contributed by atoms with Crippen LogP contribution in [0.1, 0.15) is 43.4 Å². The van der Waals surface area contributed by atoms with Crippen LogP contribution in [0.25, 0.3) is 0 Å². The van der Waals surface area contributed by atoms with E-state index in [0.29, 0.717) is 6.54 Å². The summed E-state index contributed by atoms with van der Waals surface area (Å²) in [6, 6.07) is 27.2. The van der Waals surface area contributed by atoms with Gasteiger partial charge in [-0.2, -0.15) is 5.10 Å². The molecule has 0 aromatic heterocycles. The van der Waals surface area contributed by atoms with E-state index in [-0.39, 0.29) is 0 Å². The molecule has 0 fully saturated rings. The molecule has 2 N–H and O–H groups in total. The number of benzene rings is 3. The molecule has 3 aromatic carbocycles. The maximum Gasteiger partial charge on any atom is 0.160 e. The van der Waals surface area contributed by atoms with Crippen LogP contribution in [0, 0.1) is 6.92 Å². The maximum absolute atomic E-state index is 6.02. The summed E-state index contributed by atoms with van der Waals surface area (Å²) in [5, 5.41) is 4.25. The van der Waals surface area contributed by atoms with Crippen LogP contribution in [0.4, 0.5) is 11.4 Å². The second-order valence-electron chi connectivity index (χ2n) is 10.8. The zero-order valence-corrected chi connectivity index (χ0v) is 24.9. The monoisotopic (exact) mass is 552 g/mol. The fourth-order valence-electron chi connectivity index (χ4n) is 5.53. The number of hydrazone groups is 1. The summed E-state index contributed by atoms with van der Waals surface area (Å²) in [7, 11) is 0. The average Bonchev–Trinajstić information content (AvgIpc) is 3.23. The number of rotatable bonds is 6. The van der Waals surface area contributed by atoms with Crippen molar-refractivity contribution in [3.8, 4) is 0 Å². The molecule has 1 aliphatic carbocycles. The summed E-state index contributed by atoms with van der Waals surface area (Å²) in [5.41, 5.74) is 11.6. The Balaban J connectivity index is 1.54. The SMILES string of the molecule is C=C1/C(C)=C\C(CC)=C/Cc2cc(C)ccc2N1C1=CC=C(CN(/C(=N\N)c2ccccc2)c2ccccc2)CC=C1. The van der Waals surface area contributed by atoms with Crippen molar-refractivity contribution in [1.29, 1.82) is 0 Å². The Bertz CT molecular complexity index is 1620. The summed E-state index contributed by atoms with van der Waals surface area (Å²) >= 11 is 0. The van der Waals surface area contributed by atoms with Gasteiger partial charge in [0, 0.05) is 34.9 Å². The van der Waals surface area contributed by atoms with Gasteiger partial charge in [0.05, 0.1) is 0 Å². The van der Waals surface area contributed by atoms with Crippen LogP contribution in [-0.4, -0.2) is 12.4 Å². The minimum absolute atomic E-state index is 0.655. The number of hydrogen-bond acceptors (Lipinski definition) is 3. The van der Waals surface area contributed by atoms with Crippen LogP contribution in [-0.2, 0) is 6.42 Å². The van der Waals surface area contributed by atoms with E-state index >= 15 is 0 Å². The summed E-state index contributed by atoms with van der Waals surface area (Å²) < 4.78 is 0. The molecule has 4 heteroatoms. The Labute approximate surface area is 250 Å². The molecular formula is C38H40N4. The van der Waals surface area contributed by atoms with Crippen LogP contribution in [0.2, 0.25) is 0 Å². The number of nitrogens with two attached hydrogens (primary N) is 1. The molecule has 1 heterocycles. The highest BCUT2D eigenvalue weighted by Gasteiger charge is 2.22. The third-order valence-electron chi connectivity index (χ3n) is 7.85. The molecule has 212 valence electrons. The van der Waals surface area contributed by atoms with Gasteiger partial charge in [-0.05, 0) is 80.2 Å². The van der Waals surface area contributed by atoms with Crippen molar-refractivity contribution in [3.05, 3.63) is 167 Å². The van der Waals surface area contributed by atoms with Crippen molar-refractivity contribution < 1.29 is 0 Å². The van der Waals surface area contributed by atoms with E-state index in [4.69, 9.17) is 5.84 Å². The molecule has 0 saturated heterocycles. The lowest BCUT2D eigenvalue weighted by molar-refractivity contribution is 1.01.